The molecular formula is C15H20BrFN2O2. The van der Waals surface area contributed by atoms with Crippen LogP contribution in [0.2, 0.25) is 0 Å². The molecular weight excluding hydrogens is 339 g/mol. The van der Waals surface area contributed by atoms with E-state index < -0.39 is 5.97 Å². The average molecular weight is 359 g/mol. The van der Waals surface area contributed by atoms with Gasteiger partial charge >= 0.3 is 5.97 Å². The van der Waals surface area contributed by atoms with E-state index in [-0.39, 0.29) is 12.4 Å². The van der Waals surface area contributed by atoms with Gasteiger partial charge in [0.25, 0.3) is 0 Å². The summed E-state index contributed by atoms with van der Waals surface area (Å²) in [5.41, 5.74) is 0.706. The Morgan fingerprint density at radius 2 is 2.33 bits per heavy atom. The third-order valence-corrected chi connectivity index (χ3v) is 4.21. The molecule has 1 heterocycles. The molecule has 1 aromatic rings. The van der Waals surface area contributed by atoms with Crippen LogP contribution in [0.25, 0.3) is 0 Å². The van der Waals surface area contributed by atoms with Crippen LogP contribution in [0, 0.1) is 11.7 Å². The van der Waals surface area contributed by atoms with Gasteiger partial charge in [0.1, 0.15) is 5.82 Å². The largest absolute Gasteiger partial charge is 0.480 e. The number of piperidine rings is 1. The Balaban J connectivity index is 1.84. The molecule has 0 spiro atoms. The Kier molecular flexibility index (Phi) is 6.14. The molecule has 0 radical (unpaired) electrons. The number of hydrogen-bond acceptors (Lipinski definition) is 3. The van der Waals surface area contributed by atoms with Crippen molar-refractivity contribution in [2.75, 3.05) is 26.2 Å². The van der Waals surface area contributed by atoms with Crippen molar-refractivity contribution in [3.8, 4) is 0 Å². The molecule has 1 aliphatic rings. The second-order valence-corrected chi connectivity index (χ2v) is 6.42. The highest BCUT2D eigenvalue weighted by Gasteiger charge is 2.20. The smallest absolute Gasteiger partial charge is 0.317 e. The van der Waals surface area contributed by atoms with E-state index in [1.807, 2.05) is 12.1 Å². The second kappa shape index (κ2) is 7.87. The molecule has 6 heteroatoms. The van der Waals surface area contributed by atoms with E-state index in [9.17, 15) is 9.18 Å². The topological polar surface area (TPSA) is 52.6 Å². The maximum absolute atomic E-state index is 13.9. The highest BCUT2D eigenvalue weighted by molar-refractivity contribution is 9.10. The lowest BCUT2D eigenvalue weighted by atomic mass is 9.97. The van der Waals surface area contributed by atoms with Crippen molar-refractivity contribution in [1.82, 2.24) is 10.2 Å². The Morgan fingerprint density at radius 1 is 1.52 bits per heavy atom. The van der Waals surface area contributed by atoms with Gasteiger partial charge in [0.15, 0.2) is 0 Å². The minimum Gasteiger partial charge on any atom is -0.480 e. The van der Waals surface area contributed by atoms with Gasteiger partial charge in [-0.15, -0.1) is 0 Å². The number of halogens is 2. The predicted octanol–water partition coefficient (Wildman–Crippen LogP) is 2.47. The van der Waals surface area contributed by atoms with Crippen molar-refractivity contribution in [3.63, 3.8) is 0 Å². The van der Waals surface area contributed by atoms with Crippen molar-refractivity contribution >= 4 is 21.9 Å². The first-order valence-corrected chi connectivity index (χ1v) is 7.92. The van der Waals surface area contributed by atoms with Crippen LogP contribution in [0.15, 0.2) is 22.7 Å². The van der Waals surface area contributed by atoms with E-state index in [1.54, 1.807) is 0 Å². The van der Waals surface area contributed by atoms with Gasteiger partial charge in [0, 0.05) is 23.1 Å². The van der Waals surface area contributed by atoms with Crippen LogP contribution in [0.3, 0.4) is 0 Å². The van der Waals surface area contributed by atoms with E-state index in [4.69, 9.17) is 5.11 Å². The van der Waals surface area contributed by atoms with E-state index in [0.717, 1.165) is 30.4 Å². The van der Waals surface area contributed by atoms with Crippen molar-refractivity contribution in [2.45, 2.75) is 19.4 Å². The average Bonchev–Trinajstić information content (AvgIpc) is 2.42. The van der Waals surface area contributed by atoms with Crippen LogP contribution in [-0.4, -0.2) is 42.2 Å². The molecule has 116 valence electrons. The van der Waals surface area contributed by atoms with Crippen molar-refractivity contribution in [2.24, 2.45) is 5.92 Å². The SMILES string of the molecule is O=C(O)CNCC1CCCN(Cc2ccc(Br)cc2F)C1. The zero-order chi connectivity index (χ0) is 15.2. The molecule has 21 heavy (non-hydrogen) atoms. The molecule has 1 aliphatic heterocycles. The monoisotopic (exact) mass is 358 g/mol. The zero-order valence-electron chi connectivity index (χ0n) is 11.8. The molecule has 0 aliphatic carbocycles. The first kappa shape index (κ1) is 16.4. The van der Waals surface area contributed by atoms with Gasteiger partial charge in [-0.2, -0.15) is 0 Å². The first-order chi connectivity index (χ1) is 10.0. The van der Waals surface area contributed by atoms with Crippen molar-refractivity contribution < 1.29 is 14.3 Å². The number of carboxylic acids is 1. The summed E-state index contributed by atoms with van der Waals surface area (Å²) in [6, 6.07) is 5.16. The number of likely N-dealkylation sites (tertiary alicyclic amines) is 1. The summed E-state index contributed by atoms with van der Waals surface area (Å²) < 4.78 is 14.6. The number of benzene rings is 1. The number of nitrogens with one attached hydrogen (secondary N) is 1. The second-order valence-electron chi connectivity index (χ2n) is 5.50. The van der Waals surface area contributed by atoms with Gasteiger partial charge in [-0.3, -0.25) is 9.69 Å². The highest BCUT2D eigenvalue weighted by Crippen LogP contribution is 2.21. The summed E-state index contributed by atoms with van der Waals surface area (Å²) in [5, 5.41) is 11.6. The van der Waals surface area contributed by atoms with Crippen LogP contribution in [0.5, 0.6) is 0 Å². The number of aliphatic carboxylic acids is 1. The Bertz CT molecular complexity index is 499. The summed E-state index contributed by atoms with van der Waals surface area (Å²) >= 11 is 3.26. The molecule has 0 bridgehead atoms. The molecule has 1 atom stereocenters. The lowest BCUT2D eigenvalue weighted by Gasteiger charge is -2.32. The van der Waals surface area contributed by atoms with Gasteiger partial charge in [-0.25, -0.2) is 4.39 Å². The minimum absolute atomic E-state index is 0.00214. The minimum atomic E-state index is -0.834. The van der Waals surface area contributed by atoms with Crippen LogP contribution >= 0.6 is 15.9 Å². The van der Waals surface area contributed by atoms with E-state index in [2.05, 4.69) is 26.1 Å². The van der Waals surface area contributed by atoms with Gasteiger partial charge in [0.2, 0.25) is 0 Å². The third-order valence-electron chi connectivity index (χ3n) is 3.72. The molecule has 0 saturated carbocycles. The number of hydrogen-bond donors (Lipinski definition) is 2. The number of carbonyl (C=O) groups is 1. The first-order valence-electron chi connectivity index (χ1n) is 7.13. The van der Waals surface area contributed by atoms with Crippen molar-refractivity contribution in [1.29, 1.82) is 0 Å². The van der Waals surface area contributed by atoms with Crippen LogP contribution in [-0.2, 0) is 11.3 Å². The molecule has 0 aromatic heterocycles. The molecule has 1 aromatic carbocycles. The van der Waals surface area contributed by atoms with Crippen LogP contribution in [0.4, 0.5) is 4.39 Å². The highest BCUT2D eigenvalue weighted by atomic mass is 79.9. The molecule has 1 fully saturated rings. The summed E-state index contributed by atoms with van der Waals surface area (Å²) in [5.74, 6) is -0.591. The Hall–Kier alpha value is -0.980. The summed E-state index contributed by atoms with van der Waals surface area (Å²) in [6.07, 6.45) is 2.16. The van der Waals surface area contributed by atoms with Gasteiger partial charge in [0.05, 0.1) is 6.54 Å². The predicted molar refractivity (Wildman–Crippen MR) is 82.6 cm³/mol. The summed E-state index contributed by atoms with van der Waals surface area (Å²) in [4.78, 5) is 12.7. The third kappa shape index (κ3) is 5.37. The van der Waals surface area contributed by atoms with Gasteiger partial charge in [-0.05, 0) is 44.0 Å². The lowest BCUT2D eigenvalue weighted by Crippen LogP contribution is -2.40. The quantitative estimate of drug-likeness (QED) is 0.820. The van der Waals surface area contributed by atoms with Crippen LogP contribution < -0.4 is 5.32 Å². The molecule has 1 saturated heterocycles. The molecule has 2 N–H and O–H groups in total. The molecule has 1 unspecified atom stereocenters. The lowest BCUT2D eigenvalue weighted by molar-refractivity contribution is -0.136. The molecule has 2 rings (SSSR count). The summed E-state index contributed by atoms with van der Waals surface area (Å²) in [7, 11) is 0. The number of carboxylic acid groups (broad SMARTS) is 1. The Labute approximate surface area is 132 Å². The standard InChI is InChI=1S/C15H20BrFN2O2/c16-13-4-3-12(14(17)6-13)10-19-5-1-2-11(9-19)7-18-8-15(20)21/h3-4,6,11,18H,1-2,5,7-10H2,(H,20,21). The molecule has 4 nitrogen and oxygen atoms in total. The normalized spacial score (nSPS) is 19.6. The fraction of sp³-hybridized carbons (Fsp3) is 0.533. The summed E-state index contributed by atoms with van der Waals surface area (Å²) in [6.45, 7) is 3.14. The number of rotatable bonds is 6. The van der Waals surface area contributed by atoms with E-state index in [1.165, 1.54) is 6.07 Å². The van der Waals surface area contributed by atoms with Gasteiger partial charge < -0.3 is 10.4 Å². The van der Waals surface area contributed by atoms with Crippen LogP contribution in [0.1, 0.15) is 18.4 Å². The van der Waals surface area contributed by atoms with E-state index >= 15 is 0 Å². The number of nitrogens with zero attached hydrogens (tertiary/aromatic N) is 1. The zero-order valence-corrected chi connectivity index (χ0v) is 13.4. The fourth-order valence-corrected chi connectivity index (χ4v) is 3.07. The Morgan fingerprint density at radius 3 is 3.05 bits per heavy atom. The maximum Gasteiger partial charge on any atom is 0.317 e. The fourth-order valence-electron chi connectivity index (χ4n) is 2.74. The van der Waals surface area contributed by atoms with Crippen molar-refractivity contribution in [3.05, 3.63) is 34.1 Å². The van der Waals surface area contributed by atoms with Gasteiger partial charge in [-0.1, -0.05) is 22.0 Å². The van der Waals surface area contributed by atoms with E-state index in [0.29, 0.717) is 24.6 Å². The maximum atomic E-state index is 13.9. The molecule has 0 amide bonds.